The van der Waals surface area contributed by atoms with Crippen LogP contribution in [0.4, 0.5) is 0 Å². The summed E-state index contributed by atoms with van der Waals surface area (Å²) >= 11 is 0. The topological polar surface area (TPSA) is 61.6 Å². The van der Waals surface area contributed by atoms with Crippen LogP contribution < -0.4 is 0 Å². The maximum Gasteiger partial charge on any atom is 0.317 e. The zero-order valence-electron chi connectivity index (χ0n) is 10.6. The number of aryl methyl sites for hydroxylation is 1. The van der Waals surface area contributed by atoms with Gasteiger partial charge < -0.3 is 10.0 Å². The third-order valence-electron chi connectivity index (χ3n) is 2.39. The molecule has 0 spiro atoms. The van der Waals surface area contributed by atoms with Crippen molar-refractivity contribution < 1.29 is 9.90 Å². The highest BCUT2D eigenvalue weighted by Crippen LogP contribution is 2.03. The van der Waals surface area contributed by atoms with E-state index in [1.54, 1.807) is 10.9 Å². The molecule has 6 heteroatoms. The Labute approximate surface area is 101 Å². The van der Waals surface area contributed by atoms with E-state index in [4.69, 9.17) is 5.11 Å². The summed E-state index contributed by atoms with van der Waals surface area (Å²) in [6.07, 6.45) is 3.68. The number of rotatable bonds is 7. The molecule has 0 unspecified atom stereocenters. The Hall–Kier alpha value is -1.40. The number of hydrogen-bond acceptors (Lipinski definition) is 4. The van der Waals surface area contributed by atoms with E-state index in [-0.39, 0.29) is 6.54 Å². The molecule has 96 valence electrons. The molecule has 1 aromatic heterocycles. The van der Waals surface area contributed by atoms with E-state index in [1.807, 2.05) is 37.1 Å². The largest absolute Gasteiger partial charge is 0.480 e. The molecule has 1 aromatic rings. The van der Waals surface area contributed by atoms with Gasteiger partial charge in [0.25, 0.3) is 0 Å². The van der Waals surface area contributed by atoms with Gasteiger partial charge in [0.15, 0.2) is 0 Å². The van der Waals surface area contributed by atoms with Gasteiger partial charge in [-0.05, 0) is 14.1 Å². The molecule has 0 aliphatic rings. The highest BCUT2D eigenvalue weighted by Gasteiger charge is 2.11. The maximum absolute atomic E-state index is 10.8. The zero-order chi connectivity index (χ0) is 12.8. The molecule has 6 nitrogen and oxygen atoms in total. The number of aromatic nitrogens is 2. The van der Waals surface area contributed by atoms with Crippen LogP contribution in [0.15, 0.2) is 12.4 Å². The Morgan fingerprint density at radius 2 is 2.18 bits per heavy atom. The summed E-state index contributed by atoms with van der Waals surface area (Å²) in [7, 11) is 5.80. The minimum atomic E-state index is -0.798. The summed E-state index contributed by atoms with van der Waals surface area (Å²) in [4.78, 5) is 14.7. The monoisotopic (exact) mass is 240 g/mol. The minimum absolute atomic E-state index is 0.0583. The quantitative estimate of drug-likeness (QED) is 0.719. The number of hydrogen-bond donors (Lipinski definition) is 1. The van der Waals surface area contributed by atoms with Crippen LogP contribution in [0.3, 0.4) is 0 Å². The summed E-state index contributed by atoms with van der Waals surface area (Å²) in [5, 5.41) is 12.9. The number of nitrogens with zero attached hydrogens (tertiary/aromatic N) is 4. The first-order chi connectivity index (χ1) is 7.97. The second kappa shape index (κ2) is 6.36. The fraction of sp³-hybridized carbons (Fsp3) is 0.636. The predicted octanol–water partition coefficient (Wildman–Crippen LogP) is -0.132. The minimum Gasteiger partial charge on any atom is -0.480 e. The van der Waals surface area contributed by atoms with Crippen molar-refractivity contribution in [2.45, 2.75) is 6.54 Å². The van der Waals surface area contributed by atoms with Crippen LogP contribution in [-0.4, -0.2) is 64.4 Å². The fourth-order valence-electron chi connectivity index (χ4n) is 1.56. The third-order valence-corrected chi connectivity index (χ3v) is 2.39. The molecule has 0 aliphatic heterocycles. The average molecular weight is 240 g/mol. The normalized spacial score (nSPS) is 11.4. The van der Waals surface area contributed by atoms with Crippen molar-refractivity contribution in [3.8, 4) is 0 Å². The van der Waals surface area contributed by atoms with Gasteiger partial charge in [-0.15, -0.1) is 0 Å². The van der Waals surface area contributed by atoms with Crippen LogP contribution in [-0.2, 0) is 18.4 Å². The van der Waals surface area contributed by atoms with Crippen molar-refractivity contribution in [3.05, 3.63) is 18.0 Å². The molecular weight excluding hydrogens is 220 g/mol. The Kier molecular flexibility index (Phi) is 5.11. The smallest absolute Gasteiger partial charge is 0.317 e. The molecule has 0 fully saturated rings. The van der Waals surface area contributed by atoms with Gasteiger partial charge in [0, 0.05) is 38.4 Å². The van der Waals surface area contributed by atoms with Crippen molar-refractivity contribution in [3.63, 3.8) is 0 Å². The molecule has 0 aromatic carbocycles. The molecule has 0 saturated carbocycles. The zero-order valence-corrected chi connectivity index (χ0v) is 10.6. The second-order valence-electron chi connectivity index (χ2n) is 4.43. The molecular formula is C11H20N4O2. The molecule has 1 rings (SSSR count). The fourth-order valence-corrected chi connectivity index (χ4v) is 1.56. The molecule has 17 heavy (non-hydrogen) atoms. The van der Waals surface area contributed by atoms with E-state index < -0.39 is 5.97 Å². The highest BCUT2D eigenvalue weighted by atomic mass is 16.4. The lowest BCUT2D eigenvalue weighted by molar-refractivity contribution is -0.138. The first-order valence-electron chi connectivity index (χ1n) is 5.54. The summed E-state index contributed by atoms with van der Waals surface area (Å²) in [6.45, 7) is 2.25. The molecule has 0 atom stereocenters. The number of carboxylic acids is 1. The highest BCUT2D eigenvalue weighted by molar-refractivity contribution is 5.69. The van der Waals surface area contributed by atoms with E-state index in [9.17, 15) is 4.79 Å². The van der Waals surface area contributed by atoms with Crippen LogP contribution in [0, 0.1) is 0 Å². The molecule has 1 N–H and O–H groups in total. The number of aliphatic carboxylic acids is 1. The first-order valence-corrected chi connectivity index (χ1v) is 5.54. The first kappa shape index (κ1) is 13.7. The van der Waals surface area contributed by atoms with Gasteiger partial charge in [0.05, 0.1) is 12.7 Å². The lowest BCUT2D eigenvalue weighted by Gasteiger charge is -2.21. The van der Waals surface area contributed by atoms with Gasteiger partial charge in [0.2, 0.25) is 0 Å². The summed E-state index contributed by atoms with van der Waals surface area (Å²) in [6, 6.07) is 0. The van der Waals surface area contributed by atoms with E-state index in [0.717, 1.165) is 18.7 Å². The van der Waals surface area contributed by atoms with E-state index in [2.05, 4.69) is 5.10 Å². The Morgan fingerprint density at radius 3 is 2.65 bits per heavy atom. The van der Waals surface area contributed by atoms with Gasteiger partial charge in [-0.3, -0.25) is 14.4 Å². The van der Waals surface area contributed by atoms with Gasteiger partial charge in [-0.1, -0.05) is 0 Å². The van der Waals surface area contributed by atoms with E-state index in [1.165, 1.54) is 0 Å². The lowest BCUT2D eigenvalue weighted by Crippen LogP contribution is -2.35. The van der Waals surface area contributed by atoms with Crippen molar-refractivity contribution in [2.75, 3.05) is 33.7 Å². The van der Waals surface area contributed by atoms with Gasteiger partial charge in [0.1, 0.15) is 0 Å². The van der Waals surface area contributed by atoms with E-state index >= 15 is 0 Å². The summed E-state index contributed by atoms with van der Waals surface area (Å²) in [5.74, 6) is -0.798. The molecule has 0 bridgehead atoms. The molecule has 0 amide bonds. The average Bonchev–Trinajstić information content (AvgIpc) is 2.59. The van der Waals surface area contributed by atoms with Gasteiger partial charge >= 0.3 is 5.97 Å². The van der Waals surface area contributed by atoms with Crippen molar-refractivity contribution in [1.82, 2.24) is 19.6 Å². The Balaban J connectivity index is 2.53. The van der Waals surface area contributed by atoms with Crippen molar-refractivity contribution in [1.29, 1.82) is 0 Å². The molecule has 0 aliphatic carbocycles. The van der Waals surface area contributed by atoms with Crippen LogP contribution in [0.2, 0.25) is 0 Å². The third kappa shape index (κ3) is 5.46. The van der Waals surface area contributed by atoms with E-state index in [0.29, 0.717) is 6.54 Å². The lowest BCUT2D eigenvalue weighted by atomic mass is 10.3. The maximum atomic E-state index is 10.8. The van der Waals surface area contributed by atoms with Crippen LogP contribution in [0.5, 0.6) is 0 Å². The van der Waals surface area contributed by atoms with Crippen molar-refractivity contribution in [2.24, 2.45) is 7.05 Å². The SMILES string of the molecule is CN(C)CCN(CC(=O)O)Cc1cnn(C)c1. The summed E-state index contributed by atoms with van der Waals surface area (Å²) < 4.78 is 1.72. The number of likely N-dealkylation sites (N-methyl/N-ethyl adjacent to an activating group) is 1. The summed E-state index contributed by atoms with van der Waals surface area (Å²) in [5.41, 5.74) is 1.03. The Bertz CT molecular complexity index is 362. The van der Waals surface area contributed by atoms with Crippen LogP contribution in [0.1, 0.15) is 5.56 Å². The van der Waals surface area contributed by atoms with Crippen LogP contribution in [0.25, 0.3) is 0 Å². The molecule has 0 radical (unpaired) electrons. The Morgan fingerprint density at radius 1 is 1.47 bits per heavy atom. The molecule has 0 saturated heterocycles. The number of carbonyl (C=O) groups is 1. The van der Waals surface area contributed by atoms with Crippen LogP contribution >= 0.6 is 0 Å². The standard InChI is InChI=1S/C11H20N4O2/c1-13(2)4-5-15(9-11(16)17)8-10-6-12-14(3)7-10/h6-7H,4-5,8-9H2,1-3H3,(H,16,17). The van der Waals surface area contributed by atoms with Crippen molar-refractivity contribution >= 4 is 5.97 Å². The second-order valence-corrected chi connectivity index (χ2v) is 4.43. The molecule has 1 heterocycles. The van der Waals surface area contributed by atoms with Gasteiger partial charge in [-0.2, -0.15) is 5.10 Å². The number of carboxylic acid groups (broad SMARTS) is 1. The predicted molar refractivity (Wildman–Crippen MR) is 64.7 cm³/mol. The van der Waals surface area contributed by atoms with Gasteiger partial charge in [-0.25, -0.2) is 0 Å².